The van der Waals surface area contributed by atoms with E-state index in [1.807, 2.05) is 26.0 Å². The predicted octanol–water partition coefficient (Wildman–Crippen LogP) is 4.64. The van der Waals surface area contributed by atoms with Gasteiger partial charge in [0.05, 0.1) is 28.9 Å². The minimum Gasteiger partial charge on any atom is -0.466 e. The molecular weight excluding hydrogens is 438 g/mol. The van der Waals surface area contributed by atoms with Crippen LogP contribution >= 0.6 is 0 Å². The van der Waals surface area contributed by atoms with Crippen LogP contribution in [0, 0.1) is 20.8 Å². The van der Waals surface area contributed by atoms with Crippen LogP contribution in [0.2, 0.25) is 0 Å². The number of carbonyl (C=O) groups is 1. The summed E-state index contributed by atoms with van der Waals surface area (Å²) in [6, 6.07) is 7.21. The highest BCUT2D eigenvalue weighted by molar-refractivity contribution is 6.04. The standard InChI is InChI=1S/C24H21N5O5/c1-13-10-17(15(3)32-13)19-11-18(21-14(2)28-34-23(21)26-19)24(30)31-9-5-7-20-27-22(29-33-20)16-6-4-8-25-12-16/h4,6,8,10-12H,5,7,9H2,1-3H3. The zero-order chi connectivity index (χ0) is 23.7. The number of furan rings is 1. The van der Waals surface area contributed by atoms with E-state index in [0.717, 1.165) is 16.9 Å². The Kier molecular flexibility index (Phi) is 5.62. The van der Waals surface area contributed by atoms with Crippen LogP contribution in [0.3, 0.4) is 0 Å². The predicted molar refractivity (Wildman–Crippen MR) is 120 cm³/mol. The number of hydrogen-bond acceptors (Lipinski definition) is 10. The average molecular weight is 459 g/mol. The van der Waals surface area contributed by atoms with Crippen LogP contribution in [0.1, 0.15) is 39.9 Å². The molecule has 5 aromatic heterocycles. The Morgan fingerprint density at radius 3 is 2.74 bits per heavy atom. The van der Waals surface area contributed by atoms with Gasteiger partial charge in [-0.3, -0.25) is 4.98 Å². The van der Waals surface area contributed by atoms with Gasteiger partial charge in [-0.25, -0.2) is 9.78 Å². The maximum atomic E-state index is 13.0. The number of aromatic nitrogens is 5. The normalized spacial score (nSPS) is 11.3. The fourth-order valence-electron chi connectivity index (χ4n) is 3.71. The number of esters is 1. The molecule has 0 saturated heterocycles. The van der Waals surface area contributed by atoms with Crippen LogP contribution in [0.15, 0.2) is 50.1 Å². The molecule has 5 aromatic rings. The summed E-state index contributed by atoms with van der Waals surface area (Å²) in [5.41, 5.74) is 3.29. The fraction of sp³-hybridized carbons (Fsp3) is 0.250. The third kappa shape index (κ3) is 4.17. The Morgan fingerprint density at radius 1 is 1.09 bits per heavy atom. The molecule has 0 aliphatic rings. The Hall–Kier alpha value is -4.34. The molecule has 0 aliphatic heterocycles. The highest BCUT2D eigenvalue weighted by Gasteiger charge is 2.22. The second-order valence-electron chi connectivity index (χ2n) is 7.82. The van der Waals surface area contributed by atoms with Crippen molar-refractivity contribution in [1.29, 1.82) is 0 Å². The number of nitrogens with zero attached hydrogens (tertiary/aromatic N) is 5. The fourth-order valence-corrected chi connectivity index (χ4v) is 3.71. The SMILES string of the molecule is Cc1cc(-c2cc(C(=O)OCCCc3nc(-c4cccnc4)no3)c3c(C)noc3n2)c(C)o1. The van der Waals surface area contributed by atoms with Gasteiger partial charge >= 0.3 is 5.97 Å². The molecule has 0 unspecified atom stereocenters. The second-order valence-corrected chi connectivity index (χ2v) is 7.82. The topological polar surface area (TPSA) is 130 Å². The van der Waals surface area contributed by atoms with E-state index in [-0.39, 0.29) is 12.3 Å². The Labute approximate surface area is 193 Å². The molecule has 0 N–H and O–H groups in total. The first-order valence-electron chi connectivity index (χ1n) is 10.7. The van der Waals surface area contributed by atoms with Crippen LogP contribution in [0.5, 0.6) is 0 Å². The van der Waals surface area contributed by atoms with Crippen molar-refractivity contribution in [1.82, 2.24) is 25.3 Å². The van der Waals surface area contributed by atoms with E-state index < -0.39 is 5.97 Å². The van der Waals surface area contributed by atoms with Crippen molar-refractivity contribution in [3.8, 4) is 22.6 Å². The molecule has 172 valence electrons. The largest absolute Gasteiger partial charge is 0.466 e. The summed E-state index contributed by atoms with van der Waals surface area (Å²) in [5, 5.41) is 8.46. The van der Waals surface area contributed by atoms with Gasteiger partial charge in [0.15, 0.2) is 0 Å². The van der Waals surface area contributed by atoms with Gasteiger partial charge in [0.2, 0.25) is 11.7 Å². The zero-order valence-electron chi connectivity index (χ0n) is 18.9. The maximum Gasteiger partial charge on any atom is 0.339 e. The third-order valence-electron chi connectivity index (χ3n) is 5.31. The molecule has 0 amide bonds. The van der Waals surface area contributed by atoms with Gasteiger partial charge in [-0.1, -0.05) is 10.3 Å². The highest BCUT2D eigenvalue weighted by Crippen LogP contribution is 2.30. The molecular formula is C24H21N5O5. The maximum absolute atomic E-state index is 13.0. The molecule has 0 spiro atoms. The van der Waals surface area contributed by atoms with Crippen LogP contribution in [-0.4, -0.2) is 37.8 Å². The second kappa shape index (κ2) is 8.89. The van der Waals surface area contributed by atoms with Gasteiger partial charge in [-0.05, 0) is 51.5 Å². The van der Waals surface area contributed by atoms with Crippen molar-refractivity contribution in [2.24, 2.45) is 0 Å². The third-order valence-corrected chi connectivity index (χ3v) is 5.31. The average Bonchev–Trinajstić information content (AvgIpc) is 3.55. The van der Waals surface area contributed by atoms with Crippen molar-refractivity contribution < 1.29 is 23.0 Å². The summed E-state index contributed by atoms with van der Waals surface area (Å²) < 4.78 is 21.8. The molecule has 0 saturated carbocycles. The minimum atomic E-state index is -0.487. The van der Waals surface area contributed by atoms with Crippen LogP contribution in [-0.2, 0) is 11.2 Å². The van der Waals surface area contributed by atoms with Crippen LogP contribution in [0.25, 0.3) is 33.7 Å². The molecule has 5 heterocycles. The number of ether oxygens (including phenoxy) is 1. The van der Waals surface area contributed by atoms with Gasteiger partial charge in [0, 0.05) is 29.9 Å². The highest BCUT2D eigenvalue weighted by atomic mass is 16.5. The number of hydrogen-bond donors (Lipinski definition) is 0. The van der Waals surface area contributed by atoms with Crippen molar-refractivity contribution >= 4 is 17.1 Å². The molecule has 0 aromatic carbocycles. The Balaban J connectivity index is 1.29. The quantitative estimate of drug-likeness (QED) is 0.250. The van der Waals surface area contributed by atoms with E-state index in [1.54, 1.807) is 31.5 Å². The molecule has 10 nitrogen and oxygen atoms in total. The monoisotopic (exact) mass is 459 g/mol. The van der Waals surface area contributed by atoms with E-state index in [9.17, 15) is 4.79 Å². The summed E-state index contributed by atoms with van der Waals surface area (Å²) in [4.78, 5) is 25.9. The number of aryl methyl sites for hydroxylation is 4. The molecule has 0 aliphatic carbocycles. The van der Waals surface area contributed by atoms with E-state index in [4.69, 9.17) is 18.2 Å². The van der Waals surface area contributed by atoms with E-state index in [1.165, 1.54) is 0 Å². The van der Waals surface area contributed by atoms with Crippen molar-refractivity contribution in [3.05, 3.63) is 65.3 Å². The number of fused-ring (bicyclic) bond motifs is 1. The Bertz CT molecular complexity index is 1470. The van der Waals surface area contributed by atoms with Crippen molar-refractivity contribution in [2.45, 2.75) is 33.6 Å². The molecule has 0 bridgehead atoms. The summed E-state index contributed by atoms with van der Waals surface area (Å²) in [7, 11) is 0. The molecule has 10 heteroatoms. The van der Waals surface area contributed by atoms with E-state index >= 15 is 0 Å². The summed E-state index contributed by atoms with van der Waals surface area (Å²) in [5.74, 6) is 1.90. The first-order valence-corrected chi connectivity index (χ1v) is 10.7. The van der Waals surface area contributed by atoms with Gasteiger partial charge in [0.25, 0.3) is 5.71 Å². The van der Waals surface area contributed by atoms with Gasteiger partial charge in [0.1, 0.15) is 11.5 Å². The Morgan fingerprint density at radius 2 is 1.97 bits per heavy atom. The van der Waals surface area contributed by atoms with E-state index in [0.29, 0.717) is 52.7 Å². The summed E-state index contributed by atoms with van der Waals surface area (Å²) in [6.07, 6.45) is 4.33. The van der Waals surface area contributed by atoms with Crippen molar-refractivity contribution in [2.75, 3.05) is 6.61 Å². The van der Waals surface area contributed by atoms with E-state index in [2.05, 4.69) is 25.3 Å². The van der Waals surface area contributed by atoms with Crippen LogP contribution < -0.4 is 0 Å². The lowest BCUT2D eigenvalue weighted by atomic mass is 10.1. The molecule has 0 fully saturated rings. The summed E-state index contributed by atoms with van der Waals surface area (Å²) in [6.45, 7) is 5.63. The first-order chi connectivity index (χ1) is 16.5. The molecule has 0 atom stereocenters. The lowest BCUT2D eigenvalue weighted by Crippen LogP contribution is -2.09. The first kappa shape index (κ1) is 21.5. The molecule has 5 rings (SSSR count). The minimum absolute atomic E-state index is 0.177. The van der Waals surface area contributed by atoms with Gasteiger partial charge in [-0.2, -0.15) is 4.98 Å². The number of carbonyl (C=O) groups excluding carboxylic acids is 1. The number of pyridine rings is 2. The molecule has 34 heavy (non-hydrogen) atoms. The molecule has 0 radical (unpaired) electrons. The zero-order valence-corrected chi connectivity index (χ0v) is 18.9. The van der Waals surface area contributed by atoms with Gasteiger partial charge < -0.3 is 18.2 Å². The number of rotatable bonds is 7. The van der Waals surface area contributed by atoms with Crippen LogP contribution in [0.4, 0.5) is 0 Å². The lowest BCUT2D eigenvalue weighted by Gasteiger charge is -2.07. The smallest absolute Gasteiger partial charge is 0.339 e. The summed E-state index contributed by atoms with van der Waals surface area (Å²) >= 11 is 0. The lowest BCUT2D eigenvalue weighted by molar-refractivity contribution is 0.0500. The van der Waals surface area contributed by atoms with Crippen molar-refractivity contribution in [3.63, 3.8) is 0 Å². The van der Waals surface area contributed by atoms with Gasteiger partial charge in [-0.15, -0.1) is 0 Å².